The van der Waals surface area contributed by atoms with E-state index in [1.54, 1.807) is 29.7 Å². The van der Waals surface area contributed by atoms with Crippen LogP contribution in [0.4, 0.5) is 8.78 Å². The molecule has 1 amide bonds. The third-order valence-electron chi connectivity index (χ3n) is 4.68. The first-order valence-electron chi connectivity index (χ1n) is 9.70. The van der Waals surface area contributed by atoms with Gasteiger partial charge in [0.25, 0.3) is 5.91 Å². The van der Waals surface area contributed by atoms with Gasteiger partial charge in [-0.2, -0.15) is 0 Å². The summed E-state index contributed by atoms with van der Waals surface area (Å²) in [5.74, 6) is -0.618. The van der Waals surface area contributed by atoms with E-state index in [1.807, 2.05) is 0 Å². The third kappa shape index (κ3) is 4.72. The van der Waals surface area contributed by atoms with Crippen LogP contribution in [-0.2, 0) is 6.61 Å². The number of aryl methyl sites for hydroxylation is 1. The van der Waals surface area contributed by atoms with E-state index in [-0.39, 0.29) is 18.1 Å². The molecule has 0 aliphatic carbocycles. The minimum absolute atomic E-state index is 0.152. The number of rotatable bonds is 8. The molecule has 0 saturated carbocycles. The highest BCUT2D eigenvalue weighted by molar-refractivity contribution is 5.94. The Hall–Kier alpha value is -2.96. The second kappa shape index (κ2) is 9.03. The van der Waals surface area contributed by atoms with Crippen molar-refractivity contribution in [2.24, 2.45) is 5.92 Å². The number of ether oxygens (including phenoxy) is 1. The molecule has 0 bridgehead atoms. The highest BCUT2D eigenvalue weighted by atomic mass is 19.1. The van der Waals surface area contributed by atoms with E-state index in [0.29, 0.717) is 35.2 Å². The molecule has 0 saturated heterocycles. The average molecular weight is 401 g/mol. The number of carbonyl (C=O) groups is 1. The van der Waals surface area contributed by atoms with Crippen molar-refractivity contribution < 1.29 is 18.3 Å². The first kappa shape index (κ1) is 20.8. The minimum Gasteiger partial charge on any atom is -0.485 e. The Kier molecular flexibility index (Phi) is 6.46. The van der Waals surface area contributed by atoms with Crippen molar-refractivity contribution in [1.82, 2.24) is 14.7 Å². The lowest BCUT2D eigenvalue weighted by Gasteiger charge is -2.10. The number of pyridine rings is 1. The number of aromatic nitrogens is 2. The molecule has 0 aliphatic heterocycles. The molecule has 2 aromatic heterocycles. The number of amides is 1. The molecule has 0 atom stereocenters. The summed E-state index contributed by atoms with van der Waals surface area (Å²) in [6, 6.07) is 7.04. The van der Waals surface area contributed by atoms with E-state index < -0.39 is 11.6 Å². The molecule has 0 radical (unpaired) electrons. The summed E-state index contributed by atoms with van der Waals surface area (Å²) < 4.78 is 35.0. The summed E-state index contributed by atoms with van der Waals surface area (Å²) in [5.41, 5.74) is 1.25. The fraction of sp³-hybridized carbons (Fsp3) is 0.364. The van der Waals surface area contributed by atoms with Gasteiger partial charge in [0.1, 0.15) is 23.9 Å². The van der Waals surface area contributed by atoms with Gasteiger partial charge in [0.05, 0.1) is 11.3 Å². The number of benzene rings is 1. The lowest BCUT2D eigenvalue weighted by Crippen LogP contribution is -2.26. The van der Waals surface area contributed by atoms with Crippen LogP contribution in [0.2, 0.25) is 0 Å². The van der Waals surface area contributed by atoms with Gasteiger partial charge in [0.15, 0.2) is 11.4 Å². The van der Waals surface area contributed by atoms with E-state index in [0.717, 1.165) is 12.8 Å². The molecular weight excluding hydrogens is 376 g/mol. The molecule has 7 heteroatoms. The molecule has 1 aromatic carbocycles. The van der Waals surface area contributed by atoms with Gasteiger partial charge in [0.2, 0.25) is 0 Å². The summed E-state index contributed by atoms with van der Waals surface area (Å²) >= 11 is 0. The molecular formula is C22H25F2N3O2. The summed E-state index contributed by atoms with van der Waals surface area (Å²) in [6.07, 6.45) is 3.66. The average Bonchev–Trinajstić information content (AvgIpc) is 3.01. The van der Waals surface area contributed by atoms with E-state index in [4.69, 9.17) is 4.74 Å². The highest BCUT2D eigenvalue weighted by Crippen LogP contribution is 2.24. The number of fused-ring (bicyclic) bond motifs is 1. The molecule has 3 rings (SSSR count). The van der Waals surface area contributed by atoms with Crippen LogP contribution in [0, 0.1) is 24.5 Å². The number of imidazole rings is 1. The molecule has 0 unspecified atom stereocenters. The zero-order valence-electron chi connectivity index (χ0n) is 16.8. The zero-order valence-corrected chi connectivity index (χ0v) is 16.8. The summed E-state index contributed by atoms with van der Waals surface area (Å²) in [6.45, 7) is 6.35. The predicted molar refractivity (Wildman–Crippen MR) is 107 cm³/mol. The van der Waals surface area contributed by atoms with Crippen LogP contribution >= 0.6 is 0 Å². The van der Waals surface area contributed by atoms with Gasteiger partial charge < -0.3 is 10.1 Å². The standard InChI is InChI=1S/C22H25F2N3O2/c1-14(2)7-5-11-25-22(28)20-15(3)26-21-19(10-6-12-27(20)21)29-13-16-17(23)8-4-9-18(16)24/h4,6,8-10,12,14H,5,7,11,13H2,1-3H3,(H,25,28). The Balaban J connectivity index is 1.79. The number of carbonyl (C=O) groups excluding carboxylic acids is 1. The second-order valence-electron chi connectivity index (χ2n) is 7.39. The van der Waals surface area contributed by atoms with E-state index in [1.165, 1.54) is 18.2 Å². The van der Waals surface area contributed by atoms with Gasteiger partial charge in [0, 0.05) is 12.7 Å². The van der Waals surface area contributed by atoms with Crippen molar-refractivity contribution in [1.29, 1.82) is 0 Å². The molecule has 1 N–H and O–H groups in total. The van der Waals surface area contributed by atoms with Gasteiger partial charge in [-0.15, -0.1) is 0 Å². The van der Waals surface area contributed by atoms with Crippen molar-refractivity contribution >= 4 is 11.6 Å². The molecule has 0 fully saturated rings. The first-order chi connectivity index (χ1) is 13.9. The summed E-state index contributed by atoms with van der Waals surface area (Å²) in [5, 5.41) is 2.93. The zero-order chi connectivity index (χ0) is 21.0. The van der Waals surface area contributed by atoms with Crippen LogP contribution in [0.5, 0.6) is 5.75 Å². The van der Waals surface area contributed by atoms with Gasteiger partial charge in [-0.3, -0.25) is 9.20 Å². The summed E-state index contributed by atoms with van der Waals surface area (Å²) in [4.78, 5) is 17.1. The normalized spacial score (nSPS) is 11.2. The van der Waals surface area contributed by atoms with Crippen molar-refractivity contribution in [2.45, 2.75) is 40.2 Å². The quantitative estimate of drug-likeness (QED) is 0.558. The monoisotopic (exact) mass is 401 g/mol. The van der Waals surface area contributed by atoms with Crippen molar-refractivity contribution in [2.75, 3.05) is 6.54 Å². The van der Waals surface area contributed by atoms with Crippen LogP contribution in [-0.4, -0.2) is 21.8 Å². The van der Waals surface area contributed by atoms with Crippen LogP contribution in [0.3, 0.4) is 0 Å². The van der Waals surface area contributed by atoms with Gasteiger partial charge in [-0.05, 0) is 49.9 Å². The van der Waals surface area contributed by atoms with E-state index in [2.05, 4.69) is 24.1 Å². The Labute approximate surface area is 168 Å². The Bertz CT molecular complexity index is 994. The SMILES string of the molecule is Cc1nc2c(OCc3c(F)cccc3F)cccn2c1C(=O)NCCCC(C)C. The van der Waals surface area contributed by atoms with Gasteiger partial charge >= 0.3 is 0 Å². The van der Waals surface area contributed by atoms with Crippen molar-refractivity contribution in [3.05, 3.63) is 65.1 Å². The lowest BCUT2D eigenvalue weighted by atomic mass is 10.1. The Morgan fingerprint density at radius 2 is 1.93 bits per heavy atom. The number of nitrogens with one attached hydrogen (secondary N) is 1. The number of nitrogens with zero attached hydrogens (tertiary/aromatic N) is 2. The second-order valence-corrected chi connectivity index (χ2v) is 7.39. The molecule has 5 nitrogen and oxygen atoms in total. The summed E-state index contributed by atoms with van der Waals surface area (Å²) in [7, 11) is 0. The van der Waals surface area contributed by atoms with Crippen LogP contribution in [0.1, 0.15) is 48.4 Å². The molecule has 2 heterocycles. The van der Waals surface area contributed by atoms with Gasteiger partial charge in [-0.1, -0.05) is 19.9 Å². The van der Waals surface area contributed by atoms with E-state index in [9.17, 15) is 13.6 Å². The molecule has 0 aliphatic rings. The molecule has 154 valence electrons. The Morgan fingerprint density at radius 1 is 1.21 bits per heavy atom. The maximum atomic E-state index is 13.8. The fourth-order valence-electron chi connectivity index (χ4n) is 3.16. The van der Waals surface area contributed by atoms with Gasteiger partial charge in [-0.25, -0.2) is 13.8 Å². The third-order valence-corrected chi connectivity index (χ3v) is 4.68. The lowest BCUT2D eigenvalue weighted by molar-refractivity contribution is 0.0946. The molecule has 3 aromatic rings. The molecule has 29 heavy (non-hydrogen) atoms. The van der Waals surface area contributed by atoms with E-state index >= 15 is 0 Å². The smallest absolute Gasteiger partial charge is 0.270 e. The highest BCUT2D eigenvalue weighted by Gasteiger charge is 2.19. The first-order valence-corrected chi connectivity index (χ1v) is 9.70. The topological polar surface area (TPSA) is 55.6 Å². The fourth-order valence-corrected chi connectivity index (χ4v) is 3.16. The van der Waals surface area contributed by atoms with Crippen molar-refractivity contribution in [3.63, 3.8) is 0 Å². The molecule has 0 spiro atoms. The number of hydrogen-bond donors (Lipinski definition) is 1. The van der Waals surface area contributed by atoms with Crippen LogP contribution in [0.15, 0.2) is 36.5 Å². The van der Waals surface area contributed by atoms with Crippen molar-refractivity contribution in [3.8, 4) is 5.75 Å². The maximum absolute atomic E-state index is 13.8. The minimum atomic E-state index is -0.669. The number of halogens is 2. The number of hydrogen-bond acceptors (Lipinski definition) is 3. The Morgan fingerprint density at radius 3 is 2.62 bits per heavy atom. The maximum Gasteiger partial charge on any atom is 0.270 e. The van der Waals surface area contributed by atoms with Crippen LogP contribution in [0.25, 0.3) is 5.65 Å². The van der Waals surface area contributed by atoms with Crippen LogP contribution < -0.4 is 10.1 Å². The largest absolute Gasteiger partial charge is 0.485 e. The predicted octanol–water partition coefficient (Wildman–Crippen LogP) is 4.67.